The minimum absolute atomic E-state index is 0.251. The number of benzene rings is 2. The number of methoxy groups -OCH3 is 1. The Bertz CT molecular complexity index is 993. The lowest BCUT2D eigenvalue weighted by molar-refractivity contribution is -0.111. The van der Waals surface area contributed by atoms with Gasteiger partial charge in [-0.05, 0) is 55.0 Å². The second-order valence-electron chi connectivity index (χ2n) is 5.62. The van der Waals surface area contributed by atoms with Crippen molar-refractivity contribution in [2.24, 2.45) is 0 Å². The van der Waals surface area contributed by atoms with Gasteiger partial charge < -0.3 is 14.8 Å². The molecule has 3 rings (SSSR count). The Balaban J connectivity index is 1.63. The van der Waals surface area contributed by atoms with Crippen LogP contribution >= 0.6 is 34.7 Å². The molecule has 3 aromatic rings. The van der Waals surface area contributed by atoms with Crippen LogP contribution in [0.2, 0.25) is 5.02 Å². The Labute approximate surface area is 181 Å². The van der Waals surface area contributed by atoms with Crippen molar-refractivity contribution in [1.29, 1.82) is 0 Å². The molecule has 0 saturated heterocycles. The number of carbonyl (C=O) groups is 1. The van der Waals surface area contributed by atoms with Crippen LogP contribution in [0.3, 0.4) is 0 Å². The van der Waals surface area contributed by atoms with E-state index in [9.17, 15) is 4.79 Å². The molecule has 0 fully saturated rings. The second kappa shape index (κ2) is 10.3. The number of halogens is 1. The molecule has 2 aromatic carbocycles. The monoisotopic (exact) mass is 447 g/mol. The van der Waals surface area contributed by atoms with Crippen LogP contribution in [0, 0.1) is 0 Å². The Kier molecular flexibility index (Phi) is 7.51. The average Bonchev–Trinajstić information content (AvgIpc) is 3.22. The zero-order valence-corrected chi connectivity index (χ0v) is 18.1. The van der Waals surface area contributed by atoms with Crippen LogP contribution < -0.4 is 14.8 Å². The molecule has 150 valence electrons. The average molecular weight is 448 g/mol. The van der Waals surface area contributed by atoms with Crippen molar-refractivity contribution >= 4 is 52.4 Å². The molecular formula is C20H18ClN3O3S2. The largest absolute Gasteiger partial charge is 0.493 e. The molecule has 29 heavy (non-hydrogen) atoms. The smallest absolute Gasteiger partial charge is 0.248 e. The van der Waals surface area contributed by atoms with Crippen LogP contribution in [-0.2, 0) is 4.79 Å². The molecule has 0 atom stereocenters. The van der Waals surface area contributed by atoms with Gasteiger partial charge >= 0.3 is 0 Å². The summed E-state index contributed by atoms with van der Waals surface area (Å²) in [6.07, 6.45) is 3.11. The van der Waals surface area contributed by atoms with Gasteiger partial charge in [0.1, 0.15) is 5.51 Å². The molecule has 1 amide bonds. The normalized spacial score (nSPS) is 10.9. The highest BCUT2D eigenvalue weighted by molar-refractivity contribution is 8.01. The maximum absolute atomic E-state index is 12.2. The molecule has 1 heterocycles. The summed E-state index contributed by atoms with van der Waals surface area (Å²) in [5, 5.41) is 11.1. The highest BCUT2D eigenvalue weighted by Gasteiger charge is 2.11. The van der Waals surface area contributed by atoms with Crippen molar-refractivity contribution < 1.29 is 14.3 Å². The summed E-state index contributed by atoms with van der Waals surface area (Å²) >= 11 is 9.26. The number of carbonyl (C=O) groups excluding carboxylic acids is 1. The first-order valence-corrected chi connectivity index (χ1v) is 10.7. The summed E-state index contributed by atoms with van der Waals surface area (Å²) in [4.78, 5) is 13.2. The van der Waals surface area contributed by atoms with Crippen molar-refractivity contribution in [1.82, 2.24) is 10.2 Å². The molecule has 0 unspecified atom stereocenters. The fourth-order valence-corrected chi connectivity index (χ4v) is 4.12. The van der Waals surface area contributed by atoms with Gasteiger partial charge in [0.2, 0.25) is 5.91 Å². The van der Waals surface area contributed by atoms with Gasteiger partial charge in [-0.2, -0.15) is 0 Å². The summed E-state index contributed by atoms with van der Waals surface area (Å²) in [5.41, 5.74) is 3.12. The van der Waals surface area contributed by atoms with E-state index in [2.05, 4.69) is 15.5 Å². The molecule has 9 heteroatoms. The Morgan fingerprint density at radius 3 is 2.76 bits per heavy atom. The van der Waals surface area contributed by atoms with Crippen LogP contribution in [-0.4, -0.2) is 29.8 Å². The van der Waals surface area contributed by atoms with E-state index in [1.54, 1.807) is 30.8 Å². The predicted molar refractivity (Wildman–Crippen MR) is 117 cm³/mol. The maximum atomic E-state index is 12.2. The number of hydrogen-bond acceptors (Lipinski definition) is 7. The third kappa shape index (κ3) is 5.96. The van der Waals surface area contributed by atoms with Gasteiger partial charge in [-0.1, -0.05) is 34.7 Å². The van der Waals surface area contributed by atoms with Gasteiger partial charge in [0.15, 0.2) is 15.8 Å². The van der Waals surface area contributed by atoms with Gasteiger partial charge in [-0.3, -0.25) is 4.79 Å². The van der Waals surface area contributed by atoms with Gasteiger partial charge in [0, 0.05) is 16.7 Å². The minimum atomic E-state index is -0.251. The molecule has 1 aromatic heterocycles. The third-order valence-corrected chi connectivity index (χ3v) is 5.70. The van der Waals surface area contributed by atoms with Gasteiger partial charge in [0.05, 0.1) is 18.7 Å². The molecule has 0 aliphatic carbocycles. The summed E-state index contributed by atoms with van der Waals surface area (Å²) < 4.78 is 11.7. The third-order valence-electron chi connectivity index (χ3n) is 3.63. The number of aromatic nitrogens is 2. The number of rotatable bonds is 8. The van der Waals surface area contributed by atoms with Gasteiger partial charge in [-0.25, -0.2) is 0 Å². The van der Waals surface area contributed by atoms with E-state index in [4.69, 9.17) is 21.1 Å². The van der Waals surface area contributed by atoms with Crippen molar-refractivity contribution in [2.45, 2.75) is 16.2 Å². The lowest BCUT2D eigenvalue weighted by Crippen LogP contribution is -2.07. The van der Waals surface area contributed by atoms with E-state index >= 15 is 0 Å². The summed E-state index contributed by atoms with van der Waals surface area (Å²) in [5.74, 6) is 0.756. The quantitative estimate of drug-likeness (QED) is 0.466. The zero-order chi connectivity index (χ0) is 20.6. The van der Waals surface area contributed by atoms with Crippen LogP contribution in [0.15, 0.2) is 57.2 Å². The fraction of sp³-hybridized carbons (Fsp3) is 0.150. The summed E-state index contributed by atoms with van der Waals surface area (Å²) in [6.45, 7) is 2.35. The van der Waals surface area contributed by atoms with E-state index in [1.807, 2.05) is 31.2 Å². The fourth-order valence-electron chi connectivity index (χ4n) is 2.39. The Morgan fingerprint density at radius 1 is 1.31 bits per heavy atom. The van der Waals surface area contributed by atoms with Gasteiger partial charge in [0.25, 0.3) is 0 Å². The number of nitrogens with zero attached hydrogens (tertiary/aromatic N) is 2. The molecule has 6 nitrogen and oxygen atoms in total. The highest BCUT2D eigenvalue weighted by Crippen LogP contribution is 2.36. The molecule has 1 N–H and O–H groups in total. The maximum Gasteiger partial charge on any atom is 0.248 e. The van der Waals surface area contributed by atoms with Crippen molar-refractivity contribution in [3.8, 4) is 11.5 Å². The van der Waals surface area contributed by atoms with Crippen LogP contribution in [0.5, 0.6) is 11.5 Å². The minimum Gasteiger partial charge on any atom is -0.493 e. The zero-order valence-electron chi connectivity index (χ0n) is 15.7. The van der Waals surface area contributed by atoms with Crippen LogP contribution in [0.4, 0.5) is 5.69 Å². The number of hydrogen-bond donors (Lipinski definition) is 1. The molecular weight excluding hydrogens is 430 g/mol. The highest BCUT2D eigenvalue weighted by atomic mass is 35.5. The molecule has 0 bridgehead atoms. The molecule has 0 radical (unpaired) electrons. The van der Waals surface area contributed by atoms with E-state index in [-0.39, 0.29) is 5.91 Å². The Morgan fingerprint density at radius 2 is 2.10 bits per heavy atom. The number of nitrogens with one attached hydrogen (secondary N) is 1. The lowest BCUT2D eigenvalue weighted by atomic mass is 10.2. The lowest BCUT2D eigenvalue weighted by Gasteiger charge is -2.11. The first-order chi connectivity index (χ1) is 14.1. The summed E-state index contributed by atoms with van der Waals surface area (Å²) in [7, 11) is 1.54. The summed E-state index contributed by atoms with van der Waals surface area (Å²) in [6, 6.07) is 11.0. The van der Waals surface area contributed by atoms with Crippen molar-refractivity contribution in [3.05, 3.63) is 58.6 Å². The number of anilines is 1. The molecule has 0 aliphatic heterocycles. The Hall–Kier alpha value is -2.55. The van der Waals surface area contributed by atoms with Crippen molar-refractivity contribution in [2.75, 3.05) is 19.0 Å². The molecule has 0 spiro atoms. The van der Waals surface area contributed by atoms with E-state index in [1.165, 1.54) is 29.2 Å². The van der Waals surface area contributed by atoms with Crippen molar-refractivity contribution in [3.63, 3.8) is 0 Å². The van der Waals surface area contributed by atoms with E-state index in [0.717, 1.165) is 14.8 Å². The topological polar surface area (TPSA) is 73.3 Å². The molecule has 0 aliphatic rings. The first kappa shape index (κ1) is 21.2. The SMILES string of the molecule is CCOc1c(Cl)cc(C=CC(=O)Nc2ccc(Sc3nncs3)cc2)cc1OC. The second-order valence-corrected chi connectivity index (χ2v) is 8.18. The predicted octanol–water partition coefficient (Wildman–Crippen LogP) is 5.40. The first-order valence-electron chi connectivity index (χ1n) is 8.62. The number of ether oxygens (including phenoxy) is 2. The molecule has 0 saturated carbocycles. The van der Waals surface area contributed by atoms with E-state index < -0.39 is 0 Å². The van der Waals surface area contributed by atoms with Crippen LogP contribution in [0.25, 0.3) is 6.08 Å². The van der Waals surface area contributed by atoms with E-state index in [0.29, 0.717) is 28.8 Å². The number of amides is 1. The van der Waals surface area contributed by atoms with Gasteiger partial charge in [-0.15, -0.1) is 10.2 Å². The standard InChI is InChI=1S/C20H18ClN3O3S2/c1-3-27-19-16(21)10-13(11-17(19)26-2)4-9-18(25)23-14-5-7-15(8-6-14)29-20-24-22-12-28-20/h4-12H,3H2,1-2H3,(H,23,25). The van der Waals surface area contributed by atoms with Crippen LogP contribution in [0.1, 0.15) is 12.5 Å².